The number of hydrogen-bond donors (Lipinski definition) is 0. The molecular formula is C21H24N4O2. The first kappa shape index (κ1) is 17.5. The highest BCUT2D eigenvalue weighted by molar-refractivity contribution is 5.93. The summed E-state index contributed by atoms with van der Waals surface area (Å²) in [4.78, 5) is 21.5. The second-order valence-electron chi connectivity index (χ2n) is 6.82. The van der Waals surface area contributed by atoms with E-state index in [0.29, 0.717) is 12.3 Å². The second-order valence-corrected chi connectivity index (χ2v) is 6.82. The van der Waals surface area contributed by atoms with E-state index in [1.807, 2.05) is 71.0 Å². The predicted molar refractivity (Wildman–Crippen MR) is 104 cm³/mol. The molecular weight excluding hydrogens is 340 g/mol. The molecule has 0 saturated carbocycles. The number of aryl methyl sites for hydroxylation is 1. The number of para-hydroxylation sites is 1. The number of imidazole rings is 1. The lowest BCUT2D eigenvalue weighted by molar-refractivity contribution is 0.0615. The van der Waals surface area contributed by atoms with Crippen LogP contribution in [0.25, 0.3) is 5.65 Å². The van der Waals surface area contributed by atoms with Crippen LogP contribution < -0.4 is 4.74 Å². The number of piperazine rings is 1. The third-order valence-corrected chi connectivity index (χ3v) is 4.99. The summed E-state index contributed by atoms with van der Waals surface area (Å²) in [5, 5.41) is 0. The van der Waals surface area contributed by atoms with Gasteiger partial charge in [0, 0.05) is 44.6 Å². The van der Waals surface area contributed by atoms with Crippen molar-refractivity contribution in [2.45, 2.75) is 6.92 Å². The minimum Gasteiger partial charge on any atom is -0.492 e. The molecule has 1 saturated heterocycles. The quantitative estimate of drug-likeness (QED) is 0.698. The summed E-state index contributed by atoms with van der Waals surface area (Å²) < 4.78 is 7.72. The first-order chi connectivity index (χ1) is 13.2. The van der Waals surface area contributed by atoms with Crippen molar-refractivity contribution >= 4 is 11.6 Å². The van der Waals surface area contributed by atoms with Crippen LogP contribution in [0.1, 0.15) is 16.2 Å². The molecule has 0 unspecified atom stereocenters. The SMILES string of the molecule is Cc1cccc2nc(C(=O)N3CCN(CCOc4ccccc4)CC3)cn12. The van der Waals surface area contributed by atoms with Crippen LogP contribution in [0, 0.1) is 6.92 Å². The van der Waals surface area contributed by atoms with E-state index in [0.717, 1.165) is 49.8 Å². The number of benzene rings is 1. The van der Waals surface area contributed by atoms with E-state index in [9.17, 15) is 4.79 Å². The molecule has 3 heterocycles. The van der Waals surface area contributed by atoms with Crippen molar-refractivity contribution in [2.24, 2.45) is 0 Å². The molecule has 1 aromatic carbocycles. The van der Waals surface area contributed by atoms with E-state index in [-0.39, 0.29) is 5.91 Å². The molecule has 27 heavy (non-hydrogen) atoms. The third kappa shape index (κ3) is 3.95. The molecule has 4 rings (SSSR count). The van der Waals surface area contributed by atoms with Crippen molar-refractivity contribution < 1.29 is 9.53 Å². The highest BCUT2D eigenvalue weighted by Crippen LogP contribution is 2.13. The molecule has 6 nitrogen and oxygen atoms in total. The Kier molecular flexibility index (Phi) is 5.07. The van der Waals surface area contributed by atoms with Gasteiger partial charge in [-0.15, -0.1) is 0 Å². The van der Waals surface area contributed by atoms with E-state index in [1.165, 1.54) is 0 Å². The summed E-state index contributed by atoms with van der Waals surface area (Å²) in [6.07, 6.45) is 1.84. The summed E-state index contributed by atoms with van der Waals surface area (Å²) in [5.41, 5.74) is 2.41. The number of ether oxygens (including phenoxy) is 1. The number of rotatable bonds is 5. The van der Waals surface area contributed by atoms with Crippen molar-refractivity contribution in [1.29, 1.82) is 0 Å². The number of amides is 1. The molecule has 1 aliphatic rings. The van der Waals surface area contributed by atoms with Gasteiger partial charge in [0.05, 0.1) is 0 Å². The summed E-state index contributed by atoms with van der Waals surface area (Å²) in [7, 11) is 0. The zero-order valence-electron chi connectivity index (χ0n) is 15.5. The van der Waals surface area contributed by atoms with Gasteiger partial charge >= 0.3 is 0 Å². The van der Waals surface area contributed by atoms with Gasteiger partial charge in [0.15, 0.2) is 0 Å². The fraction of sp³-hybridized carbons (Fsp3) is 0.333. The molecule has 140 valence electrons. The Balaban J connectivity index is 1.29. The van der Waals surface area contributed by atoms with Crippen molar-refractivity contribution in [3.8, 4) is 5.75 Å². The van der Waals surface area contributed by atoms with Crippen LogP contribution in [0.5, 0.6) is 5.75 Å². The maximum Gasteiger partial charge on any atom is 0.274 e. The van der Waals surface area contributed by atoms with Gasteiger partial charge in [-0.2, -0.15) is 0 Å². The standard InChI is InChI=1S/C21H24N4O2/c1-17-6-5-9-20-22-19(16-25(17)20)21(26)24-12-10-23(11-13-24)14-15-27-18-7-3-2-4-8-18/h2-9,16H,10-15H2,1H3. The zero-order chi connectivity index (χ0) is 18.6. The van der Waals surface area contributed by atoms with Gasteiger partial charge in [-0.05, 0) is 31.2 Å². The van der Waals surface area contributed by atoms with Gasteiger partial charge in [-0.3, -0.25) is 9.69 Å². The van der Waals surface area contributed by atoms with Gasteiger partial charge in [0.1, 0.15) is 23.7 Å². The zero-order valence-corrected chi connectivity index (χ0v) is 15.5. The molecule has 3 aromatic rings. The van der Waals surface area contributed by atoms with Crippen molar-refractivity contribution in [2.75, 3.05) is 39.3 Å². The molecule has 1 amide bonds. The monoisotopic (exact) mass is 364 g/mol. The molecule has 1 fully saturated rings. The molecule has 0 radical (unpaired) electrons. The maximum atomic E-state index is 12.8. The van der Waals surface area contributed by atoms with Crippen LogP contribution in [0.15, 0.2) is 54.7 Å². The summed E-state index contributed by atoms with van der Waals surface area (Å²) in [6.45, 7) is 6.69. The molecule has 0 atom stereocenters. The number of fused-ring (bicyclic) bond motifs is 1. The summed E-state index contributed by atoms with van der Waals surface area (Å²) >= 11 is 0. The van der Waals surface area contributed by atoms with Gasteiger partial charge in [-0.1, -0.05) is 24.3 Å². The Morgan fingerprint density at radius 3 is 2.56 bits per heavy atom. The number of aromatic nitrogens is 2. The fourth-order valence-electron chi connectivity index (χ4n) is 3.40. The van der Waals surface area contributed by atoms with Crippen LogP contribution >= 0.6 is 0 Å². The lowest BCUT2D eigenvalue weighted by Gasteiger charge is -2.34. The van der Waals surface area contributed by atoms with Crippen molar-refractivity contribution in [3.63, 3.8) is 0 Å². The van der Waals surface area contributed by atoms with Crippen LogP contribution in [0.4, 0.5) is 0 Å². The Bertz CT molecular complexity index is 914. The van der Waals surface area contributed by atoms with Crippen molar-refractivity contribution in [1.82, 2.24) is 19.2 Å². The van der Waals surface area contributed by atoms with Gasteiger partial charge in [0.2, 0.25) is 0 Å². The first-order valence-corrected chi connectivity index (χ1v) is 9.35. The van der Waals surface area contributed by atoms with E-state index in [2.05, 4.69) is 9.88 Å². The van der Waals surface area contributed by atoms with Crippen molar-refractivity contribution in [3.05, 3.63) is 66.1 Å². The predicted octanol–water partition coefficient (Wildman–Crippen LogP) is 2.48. The van der Waals surface area contributed by atoms with E-state index in [1.54, 1.807) is 0 Å². The van der Waals surface area contributed by atoms with E-state index in [4.69, 9.17) is 4.74 Å². The molecule has 0 spiro atoms. The average molecular weight is 364 g/mol. The molecule has 6 heteroatoms. The molecule has 2 aromatic heterocycles. The second kappa shape index (κ2) is 7.80. The number of carbonyl (C=O) groups is 1. The Morgan fingerprint density at radius 1 is 1.04 bits per heavy atom. The topological polar surface area (TPSA) is 50.1 Å². The lowest BCUT2D eigenvalue weighted by atomic mass is 10.3. The van der Waals surface area contributed by atoms with E-state index < -0.39 is 0 Å². The normalized spacial score (nSPS) is 15.2. The third-order valence-electron chi connectivity index (χ3n) is 4.99. The fourth-order valence-corrected chi connectivity index (χ4v) is 3.40. The van der Waals surface area contributed by atoms with Gasteiger partial charge in [0.25, 0.3) is 5.91 Å². The number of pyridine rings is 1. The number of carbonyl (C=O) groups excluding carboxylic acids is 1. The van der Waals surface area contributed by atoms with E-state index >= 15 is 0 Å². The lowest BCUT2D eigenvalue weighted by Crippen LogP contribution is -2.49. The largest absolute Gasteiger partial charge is 0.492 e. The Morgan fingerprint density at radius 2 is 1.81 bits per heavy atom. The highest BCUT2D eigenvalue weighted by atomic mass is 16.5. The minimum atomic E-state index is 0.0123. The Hall–Kier alpha value is -2.86. The Labute approximate surface area is 159 Å². The smallest absolute Gasteiger partial charge is 0.274 e. The van der Waals surface area contributed by atoms with Gasteiger partial charge < -0.3 is 14.0 Å². The molecule has 0 aliphatic carbocycles. The first-order valence-electron chi connectivity index (χ1n) is 9.35. The number of nitrogens with zero attached hydrogens (tertiary/aromatic N) is 4. The average Bonchev–Trinajstić information content (AvgIpc) is 3.15. The molecule has 0 N–H and O–H groups in total. The van der Waals surface area contributed by atoms with Crippen LogP contribution in [0.2, 0.25) is 0 Å². The molecule has 0 bridgehead atoms. The summed E-state index contributed by atoms with van der Waals surface area (Å²) in [5.74, 6) is 0.909. The highest BCUT2D eigenvalue weighted by Gasteiger charge is 2.24. The van der Waals surface area contributed by atoms with Crippen LogP contribution in [-0.2, 0) is 0 Å². The van der Waals surface area contributed by atoms with Crippen LogP contribution in [-0.4, -0.2) is 64.4 Å². The van der Waals surface area contributed by atoms with Crippen LogP contribution in [0.3, 0.4) is 0 Å². The summed E-state index contributed by atoms with van der Waals surface area (Å²) in [6, 6.07) is 15.8. The minimum absolute atomic E-state index is 0.0123. The molecule has 1 aliphatic heterocycles. The van der Waals surface area contributed by atoms with Gasteiger partial charge in [-0.25, -0.2) is 4.98 Å². The number of hydrogen-bond acceptors (Lipinski definition) is 4. The maximum absolute atomic E-state index is 12.8.